The molecule has 8 rings (SSSR count). The Morgan fingerprint density at radius 2 is 0.806 bits per heavy atom. The van der Waals surface area contributed by atoms with Crippen molar-refractivity contribution in [3.05, 3.63) is 0 Å². The van der Waals surface area contributed by atoms with Gasteiger partial charge in [0.25, 0.3) is 5.79 Å². The molecule has 8 aliphatic heterocycles. The van der Waals surface area contributed by atoms with Gasteiger partial charge in [0, 0.05) is 13.5 Å². The van der Waals surface area contributed by atoms with E-state index in [9.17, 15) is 162 Å². The molecule has 52 heteroatoms. The van der Waals surface area contributed by atoms with Gasteiger partial charge in [0.2, 0.25) is 5.91 Å². The molecule has 0 aliphatic carbocycles. The summed E-state index contributed by atoms with van der Waals surface area (Å²) in [6.45, 7) is -10.5. The van der Waals surface area contributed by atoms with Crippen molar-refractivity contribution in [1.29, 1.82) is 0 Å². The fourth-order valence-corrected chi connectivity index (χ4v) is 13.9. The Bertz CT molecular complexity index is 2840. The second kappa shape index (κ2) is 38.9. The number of carbonyl (C=O) groups excluding carboxylic acids is 1. The third kappa shape index (κ3) is 19.5. The minimum atomic E-state index is -5.35. The summed E-state index contributed by atoms with van der Waals surface area (Å²) in [5, 5.41) is 312. The van der Waals surface area contributed by atoms with Gasteiger partial charge in [-0.25, -0.2) is 9.36 Å². The van der Waals surface area contributed by atoms with Gasteiger partial charge in [-0.05, 0) is 0 Å². The number of rotatable bonds is 32. The van der Waals surface area contributed by atoms with Gasteiger partial charge >= 0.3 is 13.8 Å². The second-order valence-corrected chi connectivity index (χ2v) is 27.8. The van der Waals surface area contributed by atoms with E-state index in [0.29, 0.717) is 0 Å². The minimum Gasteiger partial charge on any atom is -0.477 e. The van der Waals surface area contributed by atoms with Crippen molar-refractivity contribution in [2.75, 3.05) is 66.0 Å². The van der Waals surface area contributed by atoms with Crippen LogP contribution in [0.4, 0.5) is 0 Å². The zero-order valence-corrected chi connectivity index (χ0v) is 57.4. The van der Waals surface area contributed by atoms with Gasteiger partial charge in [-0.1, -0.05) is 0 Å². The van der Waals surface area contributed by atoms with Crippen LogP contribution in [0.2, 0.25) is 0 Å². The molecule has 630 valence electrons. The van der Waals surface area contributed by atoms with Gasteiger partial charge in [0.1, 0.15) is 214 Å². The number of aliphatic hydroxyl groups excluding tert-OH is 26. The van der Waals surface area contributed by atoms with Crippen molar-refractivity contribution >= 4 is 19.7 Å². The molecule has 32 N–H and O–H groups in total. The lowest BCUT2D eigenvalue weighted by Gasteiger charge is -2.53. The molecule has 0 bridgehead atoms. The smallest absolute Gasteiger partial charge is 0.472 e. The second-order valence-electron chi connectivity index (χ2n) is 26.3. The molecule has 0 aromatic rings. The van der Waals surface area contributed by atoms with Crippen LogP contribution in [0.1, 0.15) is 6.92 Å². The molecule has 108 heavy (non-hydrogen) atoms. The molecular formula is C56H97N2O49P. The van der Waals surface area contributed by atoms with Crippen LogP contribution in [0.25, 0.3) is 0 Å². The molecule has 0 aromatic heterocycles. The Morgan fingerprint density at radius 1 is 0.417 bits per heavy atom. The van der Waals surface area contributed by atoms with Crippen LogP contribution in [0.3, 0.4) is 0 Å². The van der Waals surface area contributed by atoms with Gasteiger partial charge in [0.05, 0.1) is 59.5 Å². The molecule has 44 atom stereocenters. The number of carbonyl (C=O) groups is 2. The number of aliphatic carboxylic acids is 1. The Morgan fingerprint density at radius 3 is 1.28 bits per heavy atom. The first-order chi connectivity index (χ1) is 50.8. The average molecular weight is 1610 g/mol. The highest BCUT2D eigenvalue weighted by atomic mass is 31.2. The van der Waals surface area contributed by atoms with Crippen LogP contribution < -0.4 is 11.1 Å². The number of aliphatic hydroxyl groups is 27. The van der Waals surface area contributed by atoms with Crippen LogP contribution in [-0.4, -0.2) is 489 Å². The number of hydrogen-bond donors (Lipinski definition) is 31. The Balaban J connectivity index is 1.24. The lowest BCUT2D eigenvalue weighted by molar-refractivity contribution is -0.425. The van der Waals surface area contributed by atoms with E-state index in [1.54, 1.807) is 0 Å². The lowest BCUT2D eigenvalue weighted by atomic mass is 9.89. The van der Waals surface area contributed by atoms with Crippen molar-refractivity contribution in [2.24, 2.45) is 5.73 Å². The molecule has 8 saturated heterocycles. The molecule has 0 saturated carbocycles. The highest BCUT2D eigenvalue weighted by Gasteiger charge is 2.65. The van der Waals surface area contributed by atoms with E-state index in [1.807, 2.05) is 0 Å². The van der Waals surface area contributed by atoms with Crippen LogP contribution in [0.5, 0.6) is 0 Å². The quantitative estimate of drug-likeness (QED) is 0.0278. The van der Waals surface area contributed by atoms with E-state index in [1.165, 1.54) is 0 Å². The number of amides is 1. The van der Waals surface area contributed by atoms with E-state index < -0.39 is 349 Å². The number of phosphoric acid groups is 1. The van der Waals surface area contributed by atoms with Crippen LogP contribution in [-0.2, 0) is 94.3 Å². The summed E-state index contributed by atoms with van der Waals surface area (Å²) in [5.41, 5.74) is 5.40. The van der Waals surface area contributed by atoms with Gasteiger partial charge in [-0.2, -0.15) is 0 Å². The Labute approximate surface area is 607 Å². The zero-order chi connectivity index (χ0) is 80.2. The maximum absolute atomic E-state index is 13.1. The summed E-state index contributed by atoms with van der Waals surface area (Å²) >= 11 is 0. The molecule has 0 aromatic carbocycles. The van der Waals surface area contributed by atoms with E-state index in [0.717, 1.165) is 6.92 Å². The van der Waals surface area contributed by atoms with Crippen LogP contribution in [0.15, 0.2) is 0 Å². The summed E-state index contributed by atoms with van der Waals surface area (Å²) < 4.78 is 111. The highest BCUT2D eigenvalue weighted by Crippen LogP contribution is 2.46. The third-order valence-corrected chi connectivity index (χ3v) is 20.0. The molecule has 8 aliphatic rings. The topological polar surface area (TPSA) is 833 Å². The van der Waals surface area contributed by atoms with Crippen LogP contribution >= 0.6 is 7.82 Å². The molecule has 8 heterocycles. The number of carboxylic acid groups (broad SMARTS) is 1. The average Bonchev–Trinajstić information content (AvgIpc) is 0.755. The van der Waals surface area contributed by atoms with Gasteiger partial charge < -0.3 is 230 Å². The largest absolute Gasteiger partial charge is 0.477 e. The van der Waals surface area contributed by atoms with Crippen molar-refractivity contribution in [3.63, 3.8) is 0 Å². The van der Waals surface area contributed by atoms with E-state index in [2.05, 4.69) is 5.32 Å². The summed E-state index contributed by atoms with van der Waals surface area (Å²) in [4.78, 5) is 35.7. The molecule has 1 amide bonds. The monoisotopic (exact) mass is 1610 g/mol. The van der Waals surface area contributed by atoms with Crippen molar-refractivity contribution in [2.45, 2.75) is 270 Å². The zero-order valence-electron chi connectivity index (χ0n) is 56.5. The van der Waals surface area contributed by atoms with Crippen LogP contribution in [0, 0.1) is 0 Å². The first-order valence-corrected chi connectivity index (χ1v) is 34.9. The van der Waals surface area contributed by atoms with Gasteiger partial charge in [-0.15, -0.1) is 0 Å². The van der Waals surface area contributed by atoms with Gasteiger partial charge in [0.15, 0.2) is 44.0 Å². The fourth-order valence-electron chi connectivity index (χ4n) is 13.1. The molecule has 51 nitrogen and oxygen atoms in total. The molecular weight excluding hydrogens is 1520 g/mol. The summed E-state index contributed by atoms with van der Waals surface area (Å²) in [6, 6.07) is -1.91. The first kappa shape index (κ1) is 90.9. The summed E-state index contributed by atoms with van der Waals surface area (Å²) in [7, 11) is -5.35. The number of ether oxygens (including phenoxy) is 15. The molecule has 0 radical (unpaired) electrons. The highest BCUT2D eigenvalue weighted by molar-refractivity contribution is 7.47. The number of nitrogens with two attached hydrogens (primary N) is 1. The van der Waals surface area contributed by atoms with Crippen molar-refractivity contribution < 1.29 is 242 Å². The predicted molar refractivity (Wildman–Crippen MR) is 324 cm³/mol. The van der Waals surface area contributed by atoms with E-state index in [-0.39, 0.29) is 0 Å². The third-order valence-electron chi connectivity index (χ3n) is 19.0. The summed E-state index contributed by atoms with van der Waals surface area (Å²) in [6.07, 6.45) is -99.3. The predicted octanol–water partition coefficient (Wildman–Crippen LogP) is -20.7. The Kier molecular flexibility index (Phi) is 32.7. The fraction of sp³-hybridized carbons (Fsp3) is 0.964. The maximum atomic E-state index is 13.1. The van der Waals surface area contributed by atoms with Crippen molar-refractivity contribution in [3.8, 4) is 0 Å². The maximum Gasteiger partial charge on any atom is 0.472 e. The number of nitrogens with one attached hydrogen (secondary N) is 1. The normalized spacial score (nSPS) is 48.4. The SMILES string of the molecule is CC(=O)NC1C(OC2C(CO)OC(OC3C(O)C(C(O)CO)OC(OC4C(O)C(OC5C(O)C(O)C(O)(C(=O)O)OC5C(O)CO)OC(C(O)COP(=O)(O)OCCN)C4OC4OC(CO)C(O)C(O)C4O)C3OC3OC(CO)C(O)C(O)C3O)C(O)C2O)OC(CO)C(O)C1OC1OC(CO)C(O)C(O)C1O. The Hall–Kier alpha value is -2.67. The first-order valence-electron chi connectivity index (χ1n) is 33.4. The standard InChI is InChI=1S/C56H97N2O49P/c1-12(66)58-21-41(101-49-30(78)26(74)22(70)16(6-61)94-49)25(73)19(9-64)93-48(21)100-40-20(10-65)97-52(33(81)29(40)77)102-42-34(82)37(13(67)4-59)98-54(46(42)106-51-32(80)28(76)24(72)18(8-63)96-51)104-44-36(84)53(103-43-35(83)47(85)56(88,55(86)87)107-39(43)14(68)5-60)99-38(15(69)11-92-108(89,90)91-3-2-57)45(44)105-50-31(79)27(75)23(71)17(7-62)95-50/h13-54,59-65,67-85,88H,2-11,57H2,1H3,(H,58,66)(H,86,87)(H,89,90). The van der Waals surface area contributed by atoms with E-state index in [4.69, 9.17) is 85.8 Å². The minimum absolute atomic E-state index is 0.425. The lowest BCUT2D eigenvalue weighted by Crippen LogP contribution is -2.73. The van der Waals surface area contributed by atoms with Gasteiger partial charge in [-0.3, -0.25) is 13.8 Å². The van der Waals surface area contributed by atoms with E-state index >= 15 is 0 Å². The molecule has 0 spiro atoms. The molecule has 44 unspecified atom stereocenters. The molecule has 8 fully saturated rings. The number of carboxylic acids is 1. The van der Waals surface area contributed by atoms with Crippen molar-refractivity contribution in [1.82, 2.24) is 5.32 Å². The number of phosphoric ester groups is 1. The number of hydrogen-bond acceptors (Lipinski definition) is 48. The summed E-state index contributed by atoms with van der Waals surface area (Å²) in [5.74, 6) is -7.27.